The molecule has 0 N–H and O–H groups in total. The minimum absolute atomic E-state index is 0.396. The predicted molar refractivity (Wildman–Crippen MR) is 77.7 cm³/mol. The molecule has 0 aromatic heterocycles. The van der Waals surface area contributed by atoms with E-state index in [-0.39, 0.29) is 0 Å². The molecule has 0 atom stereocenters. The molecule has 0 fully saturated rings. The minimum atomic E-state index is -1.08. The molecule has 0 bridgehead atoms. The second-order valence-corrected chi connectivity index (χ2v) is 4.19. The van der Waals surface area contributed by atoms with Gasteiger partial charge >= 0.3 is 11.9 Å². The summed E-state index contributed by atoms with van der Waals surface area (Å²) in [5.74, 6) is 6.01. The molecule has 0 amide bonds. The van der Waals surface area contributed by atoms with Gasteiger partial charge in [0.05, 0.1) is 0 Å². The van der Waals surface area contributed by atoms with Crippen LogP contribution in [0.5, 0.6) is 0 Å². The minimum Gasteiger partial charge on any atom is -0.373 e. The largest absolute Gasteiger partial charge is 0.393 e. The summed E-state index contributed by atoms with van der Waals surface area (Å²) < 4.78 is 29.7. The second-order valence-electron chi connectivity index (χ2n) is 4.19. The molecule has 0 saturated heterocycles. The van der Waals surface area contributed by atoms with Crippen LogP contribution in [0.4, 0.5) is 8.78 Å². The SMILES string of the molecule is O=C(C#Cc1ccc(F)cc1)OC(=O)C#Cc1ccc(F)cc1. The highest BCUT2D eigenvalue weighted by Gasteiger charge is 2.04. The lowest BCUT2D eigenvalue weighted by molar-refractivity contribution is -0.151. The van der Waals surface area contributed by atoms with Crippen LogP contribution in [-0.2, 0) is 14.3 Å². The molecule has 2 aromatic rings. The molecule has 0 saturated carbocycles. The van der Waals surface area contributed by atoms with Gasteiger partial charge in [0.2, 0.25) is 0 Å². The van der Waals surface area contributed by atoms with Crippen molar-refractivity contribution in [3.8, 4) is 23.7 Å². The van der Waals surface area contributed by atoms with E-state index in [1.54, 1.807) is 0 Å². The smallest absolute Gasteiger partial charge is 0.373 e. The quantitative estimate of drug-likeness (QED) is 0.426. The van der Waals surface area contributed by atoms with Crippen molar-refractivity contribution >= 4 is 11.9 Å². The first-order valence-electron chi connectivity index (χ1n) is 6.34. The van der Waals surface area contributed by atoms with Gasteiger partial charge in [0.1, 0.15) is 11.6 Å². The van der Waals surface area contributed by atoms with Crippen molar-refractivity contribution in [2.24, 2.45) is 0 Å². The maximum atomic E-state index is 12.7. The fourth-order valence-corrected chi connectivity index (χ4v) is 1.45. The Morgan fingerprint density at radius 2 is 1.04 bits per heavy atom. The van der Waals surface area contributed by atoms with Crippen LogP contribution in [0.15, 0.2) is 48.5 Å². The van der Waals surface area contributed by atoms with Gasteiger partial charge in [-0.3, -0.25) is 0 Å². The van der Waals surface area contributed by atoms with Crippen molar-refractivity contribution in [2.45, 2.75) is 0 Å². The van der Waals surface area contributed by atoms with Crippen LogP contribution in [0, 0.1) is 35.3 Å². The standard InChI is InChI=1S/C18H8F2O3/c19-15-7-1-13(2-8-15)5-11-17(21)23-18(22)12-6-14-3-9-16(20)10-4-14/h1-4,7-10H. The molecule has 0 aliphatic rings. The van der Waals surface area contributed by atoms with Gasteiger partial charge in [0.15, 0.2) is 0 Å². The second kappa shape index (κ2) is 7.53. The summed E-state index contributed by atoms with van der Waals surface area (Å²) in [5, 5.41) is 0. The first kappa shape index (κ1) is 15.9. The molecule has 0 spiro atoms. The molecule has 23 heavy (non-hydrogen) atoms. The van der Waals surface area contributed by atoms with Crippen molar-refractivity contribution in [2.75, 3.05) is 0 Å². The van der Waals surface area contributed by atoms with Gasteiger partial charge in [-0.2, -0.15) is 0 Å². The maximum Gasteiger partial charge on any atom is 0.393 e. The van der Waals surface area contributed by atoms with Crippen LogP contribution in [0.25, 0.3) is 0 Å². The summed E-state index contributed by atoms with van der Waals surface area (Å²) in [7, 11) is 0. The number of carbonyl (C=O) groups is 2. The predicted octanol–water partition coefficient (Wildman–Crippen LogP) is 2.44. The third-order valence-electron chi connectivity index (χ3n) is 2.49. The average molecular weight is 310 g/mol. The van der Waals surface area contributed by atoms with E-state index in [2.05, 4.69) is 28.4 Å². The van der Waals surface area contributed by atoms with Crippen LogP contribution in [0.1, 0.15) is 11.1 Å². The van der Waals surface area contributed by atoms with Gasteiger partial charge in [-0.1, -0.05) is 11.8 Å². The van der Waals surface area contributed by atoms with E-state index in [1.807, 2.05) is 0 Å². The van der Waals surface area contributed by atoms with Crippen molar-refractivity contribution in [1.29, 1.82) is 0 Å². The van der Waals surface area contributed by atoms with Crippen molar-refractivity contribution in [3.05, 3.63) is 71.3 Å². The van der Waals surface area contributed by atoms with Gasteiger partial charge < -0.3 is 4.74 Å². The number of ether oxygens (including phenoxy) is 1. The van der Waals surface area contributed by atoms with Gasteiger partial charge in [-0.25, -0.2) is 18.4 Å². The fraction of sp³-hybridized carbons (Fsp3) is 0. The third kappa shape index (κ3) is 5.45. The van der Waals surface area contributed by atoms with E-state index >= 15 is 0 Å². The number of carbonyl (C=O) groups excluding carboxylic acids is 2. The Bertz CT molecular complexity index is 772. The summed E-state index contributed by atoms with van der Waals surface area (Å²) >= 11 is 0. The average Bonchev–Trinajstić information content (AvgIpc) is 2.54. The van der Waals surface area contributed by atoms with E-state index in [1.165, 1.54) is 48.5 Å². The molecule has 2 rings (SSSR count). The third-order valence-corrected chi connectivity index (χ3v) is 2.49. The number of esters is 2. The summed E-state index contributed by atoms with van der Waals surface area (Å²) in [4.78, 5) is 22.7. The highest BCUT2D eigenvalue weighted by molar-refractivity contribution is 6.02. The number of halogens is 2. The van der Waals surface area contributed by atoms with E-state index < -0.39 is 23.6 Å². The Morgan fingerprint density at radius 3 is 1.39 bits per heavy atom. The number of hydrogen-bond donors (Lipinski definition) is 0. The Morgan fingerprint density at radius 1 is 0.696 bits per heavy atom. The zero-order valence-electron chi connectivity index (χ0n) is 11.6. The van der Waals surface area contributed by atoms with Crippen molar-refractivity contribution < 1.29 is 23.1 Å². The molecule has 2 aromatic carbocycles. The zero-order valence-corrected chi connectivity index (χ0v) is 11.6. The lowest BCUT2D eigenvalue weighted by Crippen LogP contribution is -2.08. The van der Waals surface area contributed by atoms with Gasteiger partial charge in [0, 0.05) is 23.0 Å². The summed E-state index contributed by atoms with van der Waals surface area (Å²) in [6, 6.07) is 10.3. The Kier molecular flexibility index (Phi) is 5.22. The van der Waals surface area contributed by atoms with Crippen LogP contribution in [-0.4, -0.2) is 11.9 Å². The monoisotopic (exact) mass is 310 g/mol. The topological polar surface area (TPSA) is 43.4 Å². The molecule has 0 radical (unpaired) electrons. The van der Waals surface area contributed by atoms with Crippen LogP contribution in [0.2, 0.25) is 0 Å². The zero-order chi connectivity index (χ0) is 16.7. The van der Waals surface area contributed by atoms with E-state index in [0.717, 1.165) is 0 Å². The normalized spacial score (nSPS) is 8.96. The van der Waals surface area contributed by atoms with E-state index in [4.69, 9.17) is 0 Å². The molecular formula is C18H8F2O3. The summed E-state index contributed by atoms with van der Waals surface area (Å²) in [6.07, 6.45) is 0. The Hall–Kier alpha value is -3.44. The summed E-state index contributed by atoms with van der Waals surface area (Å²) in [5.41, 5.74) is 0.793. The first-order chi connectivity index (χ1) is 11.0. The lowest BCUT2D eigenvalue weighted by atomic mass is 10.2. The molecule has 0 aliphatic carbocycles. The van der Waals surface area contributed by atoms with Crippen molar-refractivity contribution in [3.63, 3.8) is 0 Å². The van der Waals surface area contributed by atoms with Crippen LogP contribution >= 0.6 is 0 Å². The molecule has 112 valence electrons. The highest BCUT2D eigenvalue weighted by atomic mass is 19.1. The molecule has 0 aliphatic heterocycles. The van der Waals surface area contributed by atoms with Gasteiger partial charge in [0.25, 0.3) is 0 Å². The first-order valence-corrected chi connectivity index (χ1v) is 6.34. The molecular weight excluding hydrogens is 302 g/mol. The fourth-order valence-electron chi connectivity index (χ4n) is 1.45. The van der Waals surface area contributed by atoms with Gasteiger partial charge in [-0.15, -0.1) is 0 Å². The van der Waals surface area contributed by atoms with E-state index in [9.17, 15) is 18.4 Å². The van der Waals surface area contributed by atoms with Gasteiger partial charge in [-0.05, 0) is 48.5 Å². The number of rotatable bonds is 0. The molecule has 3 nitrogen and oxygen atoms in total. The number of hydrogen-bond acceptors (Lipinski definition) is 3. The van der Waals surface area contributed by atoms with Crippen LogP contribution in [0.3, 0.4) is 0 Å². The Labute approximate surface area is 130 Å². The maximum absolute atomic E-state index is 12.7. The highest BCUT2D eigenvalue weighted by Crippen LogP contribution is 2.01. The summed E-state index contributed by atoms with van der Waals surface area (Å²) in [6.45, 7) is 0. The molecule has 0 unspecified atom stereocenters. The Balaban J connectivity index is 1.94. The number of benzene rings is 2. The van der Waals surface area contributed by atoms with E-state index in [0.29, 0.717) is 11.1 Å². The molecule has 5 heteroatoms. The molecule has 0 heterocycles. The lowest BCUT2D eigenvalue weighted by Gasteiger charge is -1.91. The van der Waals surface area contributed by atoms with Crippen molar-refractivity contribution in [1.82, 2.24) is 0 Å². The van der Waals surface area contributed by atoms with Crippen LogP contribution < -0.4 is 0 Å².